The molecule has 0 bridgehead atoms. The molecule has 20 heavy (non-hydrogen) atoms. The summed E-state index contributed by atoms with van der Waals surface area (Å²) < 4.78 is 13.6. The van der Waals surface area contributed by atoms with Crippen LogP contribution < -0.4 is 9.47 Å². The van der Waals surface area contributed by atoms with Crippen LogP contribution in [0.15, 0.2) is 30.6 Å². The van der Waals surface area contributed by atoms with E-state index in [1.165, 1.54) is 0 Å². The van der Waals surface area contributed by atoms with E-state index < -0.39 is 0 Å². The first-order chi connectivity index (χ1) is 9.76. The minimum atomic E-state index is 0.578. The molecule has 0 atom stereocenters. The van der Waals surface area contributed by atoms with Crippen LogP contribution >= 0.6 is 15.9 Å². The van der Waals surface area contributed by atoms with Gasteiger partial charge in [-0.2, -0.15) is 0 Å². The van der Waals surface area contributed by atoms with E-state index in [-0.39, 0.29) is 0 Å². The smallest absolute Gasteiger partial charge is 0.165 e. The summed E-state index contributed by atoms with van der Waals surface area (Å²) in [6.45, 7) is 3.18. The average Bonchev–Trinajstić information content (AvgIpc) is 2.86. The lowest BCUT2D eigenvalue weighted by molar-refractivity contribution is 0.275. The lowest BCUT2D eigenvalue weighted by Gasteiger charge is -2.14. The van der Waals surface area contributed by atoms with Gasteiger partial charge in [-0.05, 0) is 13.0 Å². The number of aromatic nitrogens is 2. The topological polar surface area (TPSA) is 36.3 Å². The van der Waals surface area contributed by atoms with Gasteiger partial charge in [0.05, 0.1) is 13.2 Å². The summed E-state index contributed by atoms with van der Waals surface area (Å²) in [4.78, 5) is 4.29. The van der Waals surface area contributed by atoms with Crippen LogP contribution in [0.3, 0.4) is 0 Å². The zero-order chi connectivity index (χ0) is 14.4. The summed E-state index contributed by atoms with van der Waals surface area (Å²) in [6.07, 6.45) is 4.51. The van der Waals surface area contributed by atoms with Crippen molar-refractivity contribution in [2.75, 3.05) is 13.2 Å². The first-order valence-corrected chi connectivity index (χ1v) is 7.78. The second-order valence-corrected chi connectivity index (χ2v) is 4.92. The van der Waals surface area contributed by atoms with Gasteiger partial charge < -0.3 is 14.0 Å². The number of benzene rings is 1. The molecule has 2 aromatic rings. The van der Waals surface area contributed by atoms with Gasteiger partial charge in [0.15, 0.2) is 11.5 Å². The number of ether oxygens (including phenoxy) is 2. The predicted octanol–water partition coefficient (Wildman–Crippen LogP) is 3.34. The summed E-state index contributed by atoms with van der Waals surface area (Å²) in [6, 6.07) is 5.95. The fourth-order valence-electron chi connectivity index (χ4n) is 1.98. The van der Waals surface area contributed by atoms with E-state index in [1.807, 2.05) is 42.9 Å². The number of aryl methyl sites for hydroxylation is 1. The molecule has 1 heterocycles. The average molecular weight is 339 g/mol. The molecule has 0 aliphatic heterocycles. The maximum atomic E-state index is 5.93. The molecule has 0 spiro atoms. The number of halogens is 1. The third-order valence-corrected chi connectivity index (χ3v) is 3.60. The van der Waals surface area contributed by atoms with E-state index >= 15 is 0 Å². The van der Waals surface area contributed by atoms with Crippen molar-refractivity contribution in [3.8, 4) is 11.5 Å². The molecule has 0 saturated carbocycles. The van der Waals surface area contributed by atoms with Gasteiger partial charge in [0.25, 0.3) is 0 Å². The number of alkyl halides is 1. The SMILES string of the molecule is CCOc1cccc(CBr)c1OCCc1nccn1C. The Morgan fingerprint density at radius 1 is 1.30 bits per heavy atom. The van der Waals surface area contributed by atoms with Crippen LogP contribution in [0.5, 0.6) is 11.5 Å². The Labute approximate surface area is 127 Å². The van der Waals surface area contributed by atoms with Crippen molar-refractivity contribution in [1.29, 1.82) is 0 Å². The number of hydrogen-bond acceptors (Lipinski definition) is 3. The maximum Gasteiger partial charge on any atom is 0.165 e. The molecule has 0 radical (unpaired) electrons. The molecule has 0 aliphatic carbocycles. The molecule has 0 aliphatic rings. The van der Waals surface area contributed by atoms with Crippen LogP contribution in [0.1, 0.15) is 18.3 Å². The monoisotopic (exact) mass is 338 g/mol. The van der Waals surface area contributed by atoms with Crippen LogP contribution in [-0.2, 0) is 18.8 Å². The highest BCUT2D eigenvalue weighted by Gasteiger charge is 2.10. The second-order valence-electron chi connectivity index (χ2n) is 4.36. The van der Waals surface area contributed by atoms with E-state index in [0.717, 1.165) is 34.6 Å². The van der Waals surface area contributed by atoms with Crippen LogP contribution in [-0.4, -0.2) is 22.8 Å². The standard InChI is InChI=1S/C15H19BrN2O2/c1-3-19-13-6-4-5-12(11-16)15(13)20-10-7-14-17-8-9-18(14)2/h4-6,8-9H,3,7,10-11H2,1-2H3. The van der Waals surface area contributed by atoms with Crippen molar-refractivity contribution in [2.24, 2.45) is 7.05 Å². The third-order valence-electron chi connectivity index (χ3n) is 3.00. The number of nitrogens with zero attached hydrogens (tertiary/aromatic N) is 2. The van der Waals surface area contributed by atoms with Crippen molar-refractivity contribution < 1.29 is 9.47 Å². The quantitative estimate of drug-likeness (QED) is 0.726. The Morgan fingerprint density at radius 3 is 2.80 bits per heavy atom. The lowest BCUT2D eigenvalue weighted by Crippen LogP contribution is -2.08. The van der Waals surface area contributed by atoms with Gasteiger partial charge in [-0.3, -0.25) is 0 Å². The summed E-state index contributed by atoms with van der Waals surface area (Å²) in [5.74, 6) is 2.63. The molecule has 1 aromatic carbocycles. The molecule has 0 amide bonds. The first-order valence-electron chi connectivity index (χ1n) is 6.66. The Hall–Kier alpha value is -1.49. The Balaban J connectivity index is 2.05. The van der Waals surface area contributed by atoms with Gasteiger partial charge in [-0.1, -0.05) is 28.1 Å². The highest BCUT2D eigenvalue weighted by molar-refractivity contribution is 9.08. The lowest BCUT2D eigenvalue weighted by atomic mass is 10.2. The zero-order valence-electron chi connectivity index (χ0n) is 11.8. The van der Waals surface area contributed by atoms with Gasteiger partial charge in [0.2, 0.25) is 0 Å². The fourth-order valence-corrected chi connectivity index (χ4v) is 2.42. The molecule has 108 valence electrons. The van der Waals surface area contributed by atoms with E-state index in [1.54, 1.807) is 6.20 Å². The number of imidazole rings is 1. The van der Waals surface area contributed by atoms with Crippen molar-refractivity contribution in [1.82, 2.24) is 9.55 Å². The molecular formula is C15H19BrN2O2. The summed E-state index contributed by atoms with van der Waals surface area (Å²) in [7, 11) is 1.99. The summed E-state index contributed by atoms with van der Waals surface area (Å²) in [5.41, 5.74) is 1.09. The minimum absolute atomic E-state index is 0.578. The molecule has 0 fully saturated rings. The van der Waals surface area contributed by atoms with Crippen molar-refractivity contribution in [3.05, 3.63) is 42.0 Å². The van der Waals surface area contributed by atoms with Crippen LogP contribution in [0, 0.1) is 0 Å². The normalized spacial score (nSPS) is 10.6. The molecule has 0 N–H and O–H groups in total. The third kappa shape index (κ3) is 3.54. The first kappa shape index (κ1) is 14.9. The van der Waals surface area contributed by atoms with Crippen LogP contribution in [0.2, 0.25) is 0 Å². The highest BCUT2D eigenvalue weighted by Crippen LogP contribution is 2.32. The number of rotatable bonds is 7. The van der Waals surface area contributed by atoms with E-state index in [0.29, 0.717) is 13.2 Å². The molecule has 4 nitrogen and oxygen atoms in total. The summed E-state index contributed by atoms with van der Waals surface area (Å²) in [5, 5.41) is 0.742. The molecular weight excluding hydrogens is 320 g/mol. The van der Waals surface area contributed by atoms with E-state index in [9.17, 15) is 0 Å². The van der Waals surface area contributed by atoms with Gasteiger partial charge in [0, 0.05) is 36.8 Å². The highest BCUT2D eigenvalue weighted by atomic mass is 79.9. The Kier molecular flexibility index (Phi) is 5.47. The predicted molar refractivity (Wildman–Crippen MR) is 82.6 cm³/mol. The Morgan fingerprint density at radius 2 is 2.15 bits per heavy atom. The summed E-state index contributed by atoms with van der Waals surface area (Å²) >= 11 is 3.48. The van der Waals surface area contributed by atoms with Gasteiger partial charge in [-0.15, -0.1) is 0 Å². The molecule has 5 heteroatoms. The van der Waals surface area contributed by atoms with Crippen LogP contribution in [0.4, 0.5) is 0 Å². The van der Waals surface area contributed by atoms with Crippen LogP contribution in [0.25, 0.3) is 0 Å². The second kappa shape index (κ2) is 7.33. The largest absolute Gasteiger partial charge is 0.490 e. The molecule has 2 rings (SSSR count). The molecule has 0 unspecified atom stereocenters. The van der Waals surface area contributed by atoms with Crippen molar-refractivity contribution in [3.63, 3.8) is 0 Å². The van der Waals surface area contributed by atoms with Crippen molar-refractivity contribution >= 4 is 15.9 Å². The maximum absolute atomic E-state index is 5.93. The molecule has 0 saturated heterocycles. The molecule has 1 aromatic heterocycles. The van der Waals surface area contributed by atoms with Gasteiger partial charge in [-0.25, -0.2) is 4.98 Å². The van der Waals surface area contributed by atoms with E-state index in [4.69, 9.17) is 9.47 Å². The Bertz CT molecular complexity index is 555. The van der Waals surface area contributed by atoms with Crippen molar-refractivity contribution in [2.45, 2.75) is 18.7 Å². The number of hydrogen-bond donors (Lipinski definition) is 0. The fraction of sp³-hybridized carbons (Fsp3) is 0.400. The van der Waals surface area contributed by atoms with Gasteiger partial charge in [0.1, 0.15) is 5.82 Å². The van der Waals surface area contributed by atoms with E-state index in [2.05, 4.69) is 20.9 Å². The number of para-hydroxylation sites is 1. The minimum Gasteiger partial charge on any atom is -0.490 e. The zero-order valence-corrected chi connectivity index (χ0v) is 13.4. The van der Waals surface area contributed by atoms with Gasteiger partial charge >= 0.3 is 0 Å².